The highest BCUT2D eigenvalue weighted by Gasteiger charge is 2.25. The Morgan fingerprint density at radius 1 is 0.414 bits per heavy atom. The number of furan rings is 1. The molecule has 0 unspecified atom stereocenters. The third kappa shape index (κ3) is 4.44. The maximum atomic E-state index is 6.47. The summed E-state index contributed by atoms with van der Waals surface area (Å²) in [6, 6.07) is 70.9. The van der Waals surface area contributed by atoms with E-state index in [0.717, 1.165) is 56.5 Å². The molecule has 3 heteroatoms. The van der Waals surface area contributed by atoms with Gasteiger partial charge in [0, 0.05) is 49.3 Å². The Labute approximate surface area is 334 Å². The van der Waals surface area contributed by atoms with Crippen LogP contribution in [0.4, 0.5) is 17.1 Å². The molecule has 9 aromatic carbocycles. The largest absolute Gasteiger partial charge is 0.455 e. The molecule has 0 aliphatic heterocycles. The quantitative estimate of drug-likeness (QED) is 0.175. The number of fused-ring (bicyclic) bond motifs is 12. The third-order valence-corrected chi connectivity index (χ3v) is 12.6. The summed E-state index contributed by atoms with van der Waals surface area (Å²) in [6.45, 7) is 0. The Hall–Kier alpha value is -7.62. The van der Waals surface area contributed by atoms with Crippen LogP contribution in [0.2, 0.25) is 0 Å². The second-order valence-electron chi connectivity index (χ2n) is 15.6. The normalized spacial score (nSPS) is 12.4. The predicted octanol–water partition coefficient (Wildman–Crippen LogP) is 15.1. The molecule has 0 spiro atoms. The average molecular weight is 739 g/mol. The molecule has 0 saturated heterocycles. The van der Waals surface area contributed by atoms with Crippen molar-refractivity contribution in [2.24, 2.45) is 0 Å². The van der Waals surface area contributed by atoms with Crippen LogP contribution in [0.15, 0.2) is 199 Å². The molecule has 1 aliphatic carbocycles. The molecule has 0 fully saturated rings. The molecule has 0 bridgehead atoms. The first-order chi connectivity index (χ1) is 28.8. The molecule has 1 aliphatic rings. The first-order valence-corrected chi connectivity index (χ1v) is 20.1. The first-order valence-electron chi connectivity index (χ1n) is 20.1. The maximum Gasteiger partial charge on any atom is 0.143 e. The summed E-state index contributed by atoms with van der Waals surface area (Å²) < 4.78 is 8.93. The highest BCUT2D eigenvalue weighted by atomic mass is 16.3. The number of rotatable bonds is 5. The van der Waals surface area contributed by atoms with Crippen molar-refractivity contribution in [1.29, 1.82) is 0 Å². The Bertz CT molecular complexity index is 3590. The molecule has 0 saturated carbocycles. The fourth-order valence-electron chi connectivity index (χ4n) is 9.93. The van der Waals surface area contributed by atoms with Gasteiger partial charge in [0.05, 0.1) is 22.2 Å². The second kappa shape index (κ2) is 11.9. The summed E-state index contributed by atoms with van der Waals surface area (Å²) in [7, 11) is 0. The molecular weight excluding hydrogens is 705 g/mol. The van der Waals surface area contributed by atoms with Crippen LogP contribution in [0.5, 0.6) is 0 Å². The van der Waals surface area contributed by atoms with Gasteiger partial charge in [0.1, 0.15) is 11.2 Å². The third-order valence-electron chi connectivity index (χ3n) is 12.6. The summed E-state index contributed by atoms with van der Waals surface area (Å²) >= 11 is 0. The zero-order chi connectivity index (χ0) is 37.9. The van der Waals surface area contributed by atoms with Crippen LogP contribution in [0.1, 0.15) is 11.1 Å². The molecule has 0 N–H and O–H groups in total. The van der Waals surface area contributed by atoms with Crippen molar-refractivity contribution in [2.75, 3.05) is 4.90 Å². The molecule has 3 nitrogen and oxygen atoms in total. The van der Waals surface area contributed by atoms with E-state index in [0.29, 0.717) is 0 Å². The summed E-state index contributed by atoms with van der Waals surface area (Å²) in [4.78, 5) is 2.44. The van der Waals surface area contributed by atoms with Crippen molar-refractivity contribution in [3.8, 4) is 33.4 Å². The Kier molecular flexibility index (Phi) is 6.50. The second-order valence-corrected chi connectivity index (χ2v) is 15.6. The zero-order valence-electron chi connectivity index (χ0n) is 31.5. The van der Waals surface area contributed by atoms with Gasteiger partial charge in [0.25, 0.3) is 0 Å². The lowest BCUT2D eigenvalue weighted by Gasteiger charge is -2.27. The summed E-state index contributed by atoms with van der Waals surface area (Å²) in [5, 5.41) is 7.32. The number of anilines is 3. The lowest BCUT2D eigenvalue weighted by atomic mass is 9.98. The van der Waals surface area contributed by atoms with E-state index in [1.54, 1.807) is 0 Å². The minimum atomic E-state index is 0.909. The van der Waals surface area contributed by atoms with Crippen LogP contribution in [0.3, 0.4) is 0 Å². The lowest BCUT2D eigenvalue weighted by molar-refractivity contribution is 0.670. The molecule has 3 aromatic heterocycles. The average Bonchev–Trinajstić information content (AvgIpc) is 4.04. The van der Waals surface area contributed by atoms with Gasteiger partial charge < -0.3 is 13.7 Å². The van der Waals surface area contributed by atoms with Crippen molar-refractivity contribution in [3.05, 3.63) is 205 Å². The van der Waals surface area contributed by atoms with Gasteiger partial charge >= 0.3 is 0 Å². The van der Waals surface area contributed by atoms with Gasteiger partial charge in [0.15, 0.2) is 0 Å². The first kappa shape index (κ1) is 31.6. The van der Waals surface area contributed by atoms with E-state index < -0.39 is 0 Å². The van der Waals surface area contributed by atoms with Gasteiger partial charge in [-0.25, -0.2) is 0 Å². The minimum absolute atomic E-state index is 0.909. The zero-order valence-corrected chi connectivity index (χ0v) is 31.5. The van der Waals surface area contributed by atoms with Crippen molar-refractivity contribution in [3.63, 3.8) is 0 Å². The van der Waals surface area contributed by atoms with Gasteiger partial charge in [-0.3, -0.25) is 0 Å². The standard InChI is InChI=1S/C55H34N2O/c1-2-11-41-37(10-1)32-38-21-20-36(33-48(38)41)34-22-26-39(27-23-34)56(40-28-24-35(25-29-40)42-15-9-16-46-44-13-5-8-19-52(44)58-55(42)46)51-31-30-45-43-12-3-6-17-49(43)57-50-18-7-4-14-47(50)53(51)54(45)57/h1-31,33H,32H2. The number of para-hydroxylation sites is 4. The number of nitrogens with zero attached hydrogens (tertiary/aromatic N) is 2. The SMILES string of the molecule is c1ccc2c(c1)Cc1ccc(-c3ccc(N(c4ccc(-c5cccc6c5oc5ccccc56)cc4)c4ccc5c6ccccc6n6c7ccccc7c4c56)cc3)cc1-2. The number of benzene rings is 9. The van der Waals surface area contributed by atoms with Crippen LogP contribution in [-0.4, -0.2) is 4.40 Å². The van der Waals surface area contributed by atoms with E-state index in [-0.39, 0.29) is 0 Å². The minimum Gasteiger partial charge on any atom is -0.455 e. The van der Waals surface area contributed by atoms with Gasteiger partial charge in [-0.1, -0.05) is 140 Å². The van der Waals surface area contributed by atoms with Gasteiger partial charge in [-0.15, -0.1) is 0 Å². The van der Waals surface area contributed by atoms with Crippen LogP contribution in [0, 0.1) is 0 Å². The van der Waals surface area contributed by atoms with E-state index in [4.69, 9.17) is 4.42 Å². The van der Waals surface area contributed by atoms with Crippen LogP contribution in [-0.2, 0) is 6.42 Å². The number of hydrogen-bond acceptors (Lipinski definition) is 2. The van der Waals surface area contributed by atoms with E-state index in [1.165, 1.54) is 71.5 Å². The fourth-order valence-corrected chi connectivity index (χ4v) is 9.93. The summed E-state index contributed by atoms with van der Waals surface area (Å²) in [6.07, 6.45) is 1.00. The predicted molar refractivity (Wildman–Crippen MR) is 242 cm³/mol. The van der Waals surface area contributed by atoms with Crippen LogP contribution >= 0.6 is 0 Å². The highest BCUT2D eigenvalue weighted by Crippen LogP contribution is 2.48. The van der Waals surface area contributed by atoms with Crippen LogP contribution in [0.25, 0.3) is 93.4 Å². The lowest BCUT2D eigenvalue weighted by Crippen LogP contribution is -2.10. The summed E-state index contributed by atoms with van der Waals surface area (Å²) in [5.41, 5.74) is 19.0. The smallest absolute Gasteiger partial charge is 0.143 e. The highest BCUT2D eigenvalue weighted by molar-refractivity contribution is 6.27. The molecular formula is C55H34N2O. The van der Waals surface area contributed by atoms with Crippen molar-refractivity contribution in [1.82, 2.24) is 4.40 Å². The Balaban J connectivity index is 0.993. The van der Waals surface area contributed by atoms with Crippen molar-refractivity contribution in [2.45, 2.75) is 6.42 Å². The molecule has 0 amide bonds. The van der Waals surface area contributed by atoms with E-state index in [2.05, 4.69) is 191 Å². The monoisotopic (exact) mass is 738 g/mol. The molecule has 270 valence electrons. The molecule has 0 radical (unpaired) electrons. The molecule has 3 heterocycles. The summed E-state index contributed by atoms with van der Waals surface area (Å²) in [5.74, 6) is 0. The molecule has 12 aromatic rings. The number of aromatic nitrogens is 1. The van der Waals surface area contributed by atoms with E-state index in [1.807, 2.05) is 12.1 Å². The van der Waals surface area contributed by atoms with Crippen LogP contribution < -0.4 is 4.90 Å². The van der Waals surface area contributed by atoms with Crippen molar-refractivity contribution >= 4 is 77.1 Å². The number of hydrogen-bond donors (Lipinski definition) is 0. The Morgan fingerprint density at radius 2 is 1.03 bits per heavy atom. The Morgan fingerprint density at radius 3 is 1.86 bits per heavy atom. The van der Waals surface area contributed by atoms with E-state index >= 15 is 0 Å². The fraction of sp³-hybridized carbons (Fsp3) is 0.0182. The van der Waals surface area contributed by atoms with Gasteiger partial charge in [0.2, 0.25) is 0 Å². The molecule has 58 heavy (non-hydrogen) atoms. The molecule has 13 rings (SSSR count). The van der Waals surface area contributed by atoms with Crippen molar-refractivity contribution < 1.29 is 4.42 Å². The van der Waals surface area contributed by atoms with E-state index in [9.17, 15) is 0 Å². The van der Waals surface area contributed by atoms with Gasteiger partial charge in [-0.2, -0.15) is 0 Å². The van der Waals surface area contributed by atoms with Gasteiger partial charge in [-0.05, 0) is 100.0 Å². The molecule has 0 atom stereocenters. The maximum absolute atomic E-state index is 6.47. The topological polar surface area (TPSA) is 20.8 Å².